The summed E-state index contributed by atoms with van der Waals surface area (Å²) in [6.45, 7) is -0.179. The molecule has 13 heteroatoms. The van der Waals surface area contributed by atoms with Crippen LogP contribution in [0, 0.1) is 5.92 Å². The fourth-order valence-electron chi connectivity index (χ4n) is 6.55. The van der Waals surface area contributed by atoms with E-state index in [1.807, 2.05) is 0 Å². The number of urea groups is 1. The van der Waals surface area contributed by atoms with Crippen molar-refractivity contribution in [1.29, 1.82) is 0 Å². The Bertz CT molecular complexity index is 1530. The predicted octanol–water partition coefficient (Wildman–Crippen LogP) is 3.27. The quantitative estimate of drug-likeness (QED) is 0.314. The largest absolute Gasteiger partial charge is 0.364 e. The van der Waals surface area contributed by atoms with Crippen molar-refractivity contribution in [3.63, 3.8) is 0 Å². The average Bonchev–Trinajstić information content (AvgIpc) is 3.73. The van der Waals surface area contributed by atoms with Gasteiger partial charge in [0, 0.05) is 23.2 Å². The van der Waals surface area contributed by atoms with Crippen molar-refractivity contribution in [2.45, 2.75) is 69.6 Å². The Hall–Kier alpha value is -4.19. The fourth-order valence-corrected chi connectivity index (χ4v) is 6.72. The average molecular weight is 579 g/mol. The van der Waals surface area contributed by atoms with Gasteiger partial charge in [0.25, 0.3) is 5.91 Å². The lowest BCUT2D eigenvalue weighted by Gasteiger charge is -2.34. The maximum Gasteiger partial charge on any atom is 0.319 e. The third-order valence-corrected chi connectivity index (χ3v) is 8.54. The van der Waals surface area contributed by atoms with Crippen molar-refractivity contribution in [2.24, 2.45) is 11.7 Å². The lowest BCUT2D eigenvalue weighted by Crippen LogP contribution is -2.52. The molecule has 2 aromatic heterocycles. The summed E-state index contributed by atoms with van der Waals surface area (Å²) in [6, 6.07) is 9.10. The minimum atomic E-state index is -0.750. The first-order valence-electron chi connectivity index (χ1n) is 13.9. The second-order valence-electron chi connectivity index (χ2n) is 11.0. The minimum Gasteiger partial charge on any atom is -0.364 e. The van der Waals surface area contributed by atoms with Gasteiger partial charge in [-0.2, -0.15) is 5.10 Å². The van der Waals surface area contributed by atoms with E-state index in [1.54, 1.807) is 41.3 Å². The molecule has 2 aliphatic carbocycles. The number of carbonyl (C=O) groups excluding carboxylic acids is 4. The number of pyridine rings is 1. The van der Waals surface area contributed by atoms with Crippen molar-refractivity contribution >= 4 is 57.8 Å². The second kappa shape index (κ2) is 11.0. The molecule has 0 spiro atoms. The molecule has 3 aliphatic rings. The molecule has 214 valence electrons. The lowest BCUT2D eigenvalue weighted by molar-refractivity contribution is -0.141. The number of likely N-dealkylation sites (tertiary alicyclic amines) is 1. The Morgan fingerprint density at radius 2 is 1.83 bits per heavy atom. The van der Waals surface area contributed by atoms with Crippen LogP contribution >= 0.6 is 11.6 Å². The van der Waals surface area contributed by atoms with Crippen molar-refractivity contribution in [3.05, 3.63) is 47.2 Å². The molecule has 6 rings (SSSR count). The standard InChI is InChI=1S/C28H31ClN8O4/c29-21-6-3-7-22(33-21)34-27(40)25-15-8-10-18(12-15)37(25)23(38)14-36-20-11-9-17(13-19(20)24(35-36)26(30)39)32-28(41)31-16-4-1-2-5-16/h3,6-7,9,11,13,15-16,18,25H,1-2,4-5,8,10,12,14H2,(H2,30,39)(H2,31,32,41)(H,33,34,40)/t15-,18+,25-/m0/s1. The normalized spacial score (nSPS) is 21.8. The molecular formula is C28H31ClN8O4. The SMILES string of the molecule is NC(=O)c1nn(CC(=O)N2[C@@H]3CC[C@@H](C3)[C@H]2C(=O)Nc2cccc(Cl)n2)c2ccc(NC(=O)NC3CCCC3)cc12. The zero-order valence-corrected chi connectivity index (χ0v) is 23.1. The number of fused-ring (bicyclic) bond motifs is 3. The van der Waals surface area contributed by atoms with Crippen LogP contribution < -0.4 is 21.7 Å². The molecule has 3 heterocycles. The lowest BCUT2D eigenvalue weighted by atomic mass is 9.97. The summed E-state index contributed by atoms with van der Waals surface area (Å²) in [5, 5.41) is 13.6. The van der Waals surface area contributed by atoms with E-state index in [9.17, 15) is 19.2 Å². The molecule has 5 N–H and O–H groups in total. The van der Waals surface area contributed by atoms with E-state index in [4.69, 9.17) is 17.3 Å². The Labute approximate surface area is 241 Å². The second-order valence-corrected chi connectivity index (χ2v) is 11.4. The van der Waals surface area contributed by atoms with Gasteiger partial charge in [-0.3, -0.25) is 19.1 Å². The van der Waals surface area contributed by atoms with E-state index in [-0.39, 0.29) is 53.2 Å². The van der Waals surface area contributed by atoms with Crippen LogP contribution in [0.25, 0.3) is 10.9 Å². The highest BCUT2D eigenvalue weighted by molar-refractivity contribution is 6.29. The molecule has 12 nitrogen and oxygen atoms in total. The van der Waals surface area contributed by atoms with E-state index >= 15 is 0 Å². The summed E-state index contributed by atoms with van der Waals surface area (Å²) < 4.78 is 1.43. The Morgan fingerprint density at radius 3 is 2.59 bits per heavy atom. The highest BCUT2D eigenvalue weighted by Crippen LogP contribution is 2.43. The summed E-state index contributed by atoms with van der Waals surface area (Å²) in [4.78, 5) is 57.5. The molecule has 0 radical (unpaired) electrons. The molecule has 5 amide bonds. The number of carbonyl (C=O) groups is 4. The van der Waals surface area contributed by atoms with E-state index in [2.05, 4.69) is 26.0 Å². The molecule has 2 bridgehead atoms. The summed E-state index contributed by atoms with van der Waals surface area (Å²) in [7, 11) is 0. The van der Waals surface area contributed by atoms with Crippen molar-refractivity contribution in [1.82, 2.24) is 25.0 Å². The van der Waals surface area contributed by atoms with Gasteiger partial charge in [-0.15, -0.1) is 0 Å². The Morgan fingerprint density at radius 1 is 1.02 bits per heavy atom. The van der Waals surface area contributed by atoms with Gasteiger partial charge in [0.2, 0.25) is 11.8 Å². The van der Waals surface area contributed by atoms with Gasteiger partial charge >= 0.3 is 6.03 Å². The number of nitrogens with one attached hydrogen (secondary N) is 3. The smallest absolute Gasteiger partial charge is 0.319 e. The van der Waals surface area contributed by atoms with Gasteiger partial charge in [-0.25, -0.2) is 9.78 Å². The van der Waals surface area contributed by atoms with E-state index in [0.29, 0.717) is 22.4 Å². The molecule has 1 aliphatic heterocycles. The van der Waals surface area contributed by atoms with Crippen LogP contribution in [0.4, 0.5) is 16.3 Å². The highest BCUT2D eigenvalue weighted by atomic mass is 35.5. The number of nitrogens with zero attached hydrogens (tertiary/aromatic N) is 4. The van der Waals surface area contributed by atoms with Gasteiger partial charge in [0.05, 0.1) is 5.52 Å². The van der Waals surface area contributed by atoms with Crippen molar-refractivity contribution in [2.75, 3.05) is 10.6 Å². The third kappa shape index (κ3) is 5.43. The number of hydrogen-bond donors (Lipinski definition) is 4. The van der Waals surface area contributed by atoms with Crippen LogP contribution in [0.3, 0.4) is 0 Å². The van der Waals surface area contributed by atoms with E-state index in [0.717, 1.165) is 44.9 Å². The van der Waals surface area contributed by atoms with Crippen molar-refractivity contribution < 1.29 is 19.2 Å². The van der Waals surface area contributed by atoms with E-state index in [1.165, 1.54) is 4.68 Å². The molecule has 1 saturated heterocycles. The Balaban J connectivity index is 1.21. The summed E-state index contributed by atoms with van der Waals surface area (Å²) in [6.07, 6.45) is 6.53. The first kappa shape index (κ1) is 27.0. The summed E-state index contributed by atoms with van der Waals surface area (Å²) in [5.74, 6) is -0.976. The number of anilines is 2. The molecule has 1 aromatic carbocycles. The molecule has 2 saturated carbocycles. The number of hydrogen-bond acceptors (Lipinski definition) is 6. The number of halogens is 1. The van der Waals surface area contributed by atoms with Gasteiger partial charge < -0.3 is 26.6 Å². The van der Waals surface area contributed by atoms with Crippen molar-refractivity contribution in [3.8, 4) is 0 Å². The maximum absolute atomic E-state index is 13.7. The minimum absolute atomic E-state index is 0.00285. The fraction of sp³-hybridized carbons (Fsp3) is 0.429. The van der Waals surface area contributed by atoms with Gasteiger partial charge in [-0.1, -0.05) is 30.5 Å². The summed E-state index contributed by atoms with van der Waals surface area (Å²) >= 11 is 5.97. The summed E-state index contributed by atoms with van der Waals surface area (Å²) in [5.41, 5.74) is 6.61. The van der Waals surface area contributed by atoms with Gasteiger partial charge in [0.15, 0.2) is 5.69 Å². The van der Waals surface area contributed by atoms with Crippen LogP contribution in [0.5, 0.6) is 0 Å². The monoisotopic (exact) mass is 578 g/mol. The zero-order valence-electron chi connectivity index (χ0n) is 22.3. The first-order valence-corrected chi connectivity index (χ1v) is 14.3. The van der Waals surface area contributed by atoms with Gasteiger partial charge in [0.1, 0.15) is 23.6 Å². The molecule has 0 unspecified atom stereocenters. The maximum atomic E-state index is 13.7. The molecule has 3 fully saturated rings. The van der Waals surface area contributed by atoms with E-state index < -0.39 is 11.9 Å². The number of aromatic nitrogens is 3. The molecule has 3 atom stereocenters. The third-order valence-electron chi connectivity index (χ3n) is 8.33. The van der Waals surface area contributed by atoms with Crippen LogP contribution in [0.2, 0.25) is 5.15 Å². The first-order chi connectivity index (χ1) is 19.8. The van der Waals surface area contributed by atoms with Crippen LogP contribution in [-0.2, 0) is 16.1 Å². The number of nitrogens with two attached hydrogens (primary N) is 1. The zero-order chi connectivity index (χ0) is 28.7. The number of amides is 5. The van der Waals surface area contributed by atoms with Crippen LogP contribution in [-0.4, -0.2) is 61.5 Å². The molecule has 41 heavy (non-hydrogen) atoms. The highest BCUT2D eigenvalue weighted by Gasteiger charge is 2.51. The number of primary amides is 1. The van der Waals surface area contributed by atoms with Crippen LogP contribution in [0.15, 0.2) is 36.4 Å². The number of rotatable bonds is 7. The van der Waals surface area contributed by atoms with Crippen LogP contribution in [0.1, 0.15) is 55.4 Å². The van der Waals surface area contributed by atoms with Gasteiger partial charge in [-0.05, 0) is 68.4 Å². The topological polar surface area (TPSA) is 164 Å². The number of benzene rings is 1. The molecular weight excluding hydrogens is 548 g/mol. The molecule has 3 aromatic rings. The Kier molecular flexibility index (Phi) is 7.24. The number of piperidine rings is 1. The predicted molar refractivity (Wildman–Crippen MR) is 152 cm³/mol.